The SMILES string of the molecule is O=C(Oc1ccc(-c2noc(-c3ccc(OC(=O)c4cccnc4)cc3)n2)cc1)c1cccnc1. The van der Waals surface area contributed by atoms with Gasteiger partial charge in [0.15, 0.2) is 0 Å². The van der Waals surface area contributed by atoms with E-state index >= 15 is 0 Å². The van der Waals surface area contributed by atoms with Crippen LogP contribution in [0.2, 0.25) is 0 Å². The fourth-order valence-corrected chi connectivity index (χ4v) is 3.09. The van der Waals surface area contributed by atoms with E-state index in [1.807, 2.05) is 0 Å². The van der Waals surface area contributed by atoms with Crippen LogP contribution in [-0.2, 0) is 0 Å². The summed E-state index contributed by atoms with van der Waals surface area (Å²) >= 11 is 0. The number of carbonyl (C=O) groups excluding carboxylic acids is 2. The molecule has 5 aromatic rings. The van der Waals surface area contributed by atoms with Gasteiger partial charge in [0, 0.05) is 35.9 Å². The average molecular weight is 464 g/mol. The molecular weight excluding hydrogens is 448 g/mol. The molecule has 0 fully saturated rings. The maximum Gasteiger partial charge on any atom is 0.345 e. The predicted octanol–water partition coefficient (Wildman–Crippen LogP) is 4.63. The minimum absolute atomic E-state index is 0.303. The Morgan fingerprint density at radius 2 is 1.17 bits per heavy atom. The number of aromatic nitrogens is 4. The molecule has 35 heavy (non-hydrogen) atoms. The van der Waals surface area contributed by atoms with Gasteiger partial charge in [-0.25, -0.2) is 9.59 Å². The van der Waals surface area contributed by atoms with Crippen LogP contribution in [0.15, 0.2) is 102 Å². The zero-order chi connectivity index (χ0) is 24.0. The van der Waals surface area contributed by atoms with Gasteiger partial charge in [-0.3, -0.25) is 9.97 Å². The van der Waals surface area contributed by atoms with Crippen LogP contribution in [0.5, 0.6) is 11.5 Å². The molecule has 3 heterocycles. The van der Waals surface area contributed by atoms with Crippen molar-refractivity contribution in [1.82, 2.24) is 20.1 Å². The summed E-state index contributed by atoms with van der Waals surface area (Å²) in [7, 11) is 0. The number of hydrogen-bond donors (Lipinski definition) is 0. The maximum absolute atomic E-state index is 12.2. The van der Waals surface area contributed by atoms with Gasteiger partial charge in [-0.1, -0.05) is 5.16 Å². The summed E-state index contributed by atoms with van der Waals surface area (Å²) in [6.07, 6.45) is 6.04. The van der Waals surface area contributed by atoms with Crippen molar-refractivity contribution in [2.75, 3.05) is 0 Å². The quantitative estimate of drug-likeness (QED) is 0.262. The standard InChI is InChI=1S/C26H16N4O5/c31-25(19-3-1-13-27-15-19)33-21-9-5-17(6-10-21)23-29-24(35-30-23)18-7-11-22(12-8-18)34-26(32)20-4-2-14-28-16-20/h1-16H. The van der Waals surface area contributed by atoms with Crippen molar-refractivity contribution in [2.24, 2.45) is 0 Å². The van der Waals surface area contributed by atoms with E-state index in [0.29, 0.717) is 45.5 Å². The minimum Gasteiger partial charge on any atom is -0.423 e. The molecule has 0 spiro atoms. The van der Waals surface area contributed by atoms with E-state index in [2.05, 4.69) is 20.1 Å². The highest BCUT2D eigenvalue weighted by Crippen LogP contribution is 2.26. The molecule has 0 radical (unpaired) electrons. The zero-order valence-corrected chi connectivity index (χ0v) is 18.1. The van der Waals surface area contributed by atoms with Crippen molar-refractivity contribution in [3.05, 3.63) is 109 Å². The number of benzene rings is 2. The summed E-state index contributed by atoms with van der Waals surface area (Å²) in [6.45, 7) is 0. The number of esters is 2. The molecule has 0 aliphatic rings. The van der Waals surface area contributed by atoms with E-state index in [-0.39, 0.29) is 0 Å². The molecule has 170 valence electrons. The molecule has 0 aliphatic carbocycles. The Balaban J connectivity index is 1.24. The smallest absolute Gasteiger partial charge is 0.345 e. The van der Waals surface area contributed by atoms with Gasteiger partial charge in [0.05, 0.1) is 11.1 Å². The number of pyridine rings is 2. The maximum atomic E-state index is 12.2. The first-order chi connectivity index (χ1) is 17.2. The lowest BCUT2D eigenvalue weighted by Crippen LogP contribution is -2.08. The van der Waals surface area contributed by atoms with Gasteiger partial charge in [-0.05, 0) is 72.8 Å². The summed E-state index contributed by atoms with van der Waals surface area (Å²) in [6, 6.07) is 20.0. The minimum atomic E-state index is -0.500. The molecule has 0 unspecified atom stereocenters. The highest BCUT2D eigenvalue weighted by atomic mass is 16.5. The highest BCUT2D eigenvalue weighted by molar-refractivity contribution is 5.91. The first kappa shape index (κ1) is 21.7. The van der Waals surface area contributed by atoms with Crippen molar-refractivity contribution in [1.29, 1.82) is 0 Å². The second-order valence-electron chi connectivity index (χ2n) is 7.23. The lowest BCUT2D eigenvalue weighted by atomic mass is 10.2. The third kappa shape index (κ3) is 5.09. The van der Waals surface area contributed by atoms with Gasteiger partial charge in [-0.15, -0.1) is 0 Å². The number of nitrogens with zero attached hydrogens (tertiary/aromatic N) is 4. The second kappa shape index (κ2) is 9.75. The molecule has 9 heteroatoms. The molecule has 2 aromatic carbocycles. The van der Waals surface area contributed by atoms with E-state index in [1.165, 1.54) is 12.4 Å². The number of rotatable bonds is 6. The van der Waals surface area contributed by atoms with Crippen LogP contribution in [0.3, 0.4) is 0 Å². The number of carbonyl (C=O) groups is 2. The van der Waals surface area contributed by atoms with Crippen molar-refractivity contribution >= 4 is 11.9 Å². The Kier molecular flexibility index (Phi) is 6.03. The Morgan fingerprint density at radius 1 is 0.657 bits per heavy atom. The molecule has 0 saturated carbocycles. The second-order valence-corrected chi connectivity index (χ2v) is 7.23. The van der Waals surface area contributed by atoms with Gasteiger partial charge < -0.3 is 14.0 Å². The van der Waals surface area contributed by atoms with Crippen LogP contribution in [-0.4, -0.2) is 32.0 Å². The van der Waals surface area contributed by atoms with E-state index in [4.69, 9.17) is 14.0 Å². The van der Waals surface area contributed by atoms with E-state index in [0.717, 1.165) is 0 Å². The molecule has 5 rings (SSSR count). The van der Waals surface area contributed by atoms with Gasteiger partial charge in [0.25, 0.3) is 5.89 Å². The van der Waals surface area contributed by atoms with Crippen molar-refractivity contribution in [3.63, 3.8) is 0 Å². The van der Waals surface area contributed by atoms with Crippen LogP contribution >= 0.6 is 0 Å². The Morgan fingerprint density at radius 3 is 1.66 bits per heavy atom. The summed E-state index contributed by atoms with van der Waals surface area (Å²) in [5.41, 5.74) is 2.06. The van der Waals surface area contributed by atoms with Crippen LogP contribution in [0.1, 0.15) is 20.7 Å². The first-order valence-electron chi connectivity index (χ1n) is 10.4. The molecule has 0 atom stereocenters. The third-order valence-electron chi connectivity index (χ3n) is 4.86. The average Bonchev–Trinajstić information content (AvgIpc) is 3.41. The van der Waals surface area contributed by atoms with E-state index in [1.54, 1.807) is 85.2 Å². The number of hydrogen-bond acceptors (Lipinski definition) is 9. The monoisotopic (exact) mass is 464 g/mol. The lowest BCUT2D eigenvalue weighted by Gasteiger charge is -2.04. The van der Waals surface area contributed by atoms with Crippen molar-refractivity contribution in [2.45, 2.75) is 0 Å². The summed E-state index contributed by atoms with van der Waals surface area (Å²) in [5.74, 6) is 0.429. The van der Waals surface area contributed by atoms with Crippen LogP contribution in [0, 0.1) is 0 Å². The summed E-state index contributed by atoms with van der Waals surface area (Å²) in [5, 5.41) is 4.02. The molecule has 0 bridgehead atoms. The zero-order valence-electron chi connectivity index (χ0n) is 18.1. The first-order valence-corrected chi connectivity index (χ1v) is 10.4. The largest absolute Gasteiger partial charge is 0.423 e. The lowest BCUT2D eigenvalue weighted by molar-refractivity contribution is 0.0724. The molecule has 3 aromatic heterocycles. The summed E-state index contributed by atoms with van der Waals surface area (Å²) < 4.78 is 16.1. The van der Waals surface area contributed by atoms with Gasteiger partial charge in [-0.2, -0.15) is 4.98 Å². The predicted molar refractivity (Wildman–Crippen MR) is 124 cm³/mol. The third-order valence-corrected chi connectivity index (χ3v) is 4.86. The normalized spacial score (nSPS) is 10.5. The van der Waals surface area contributed by atoms with Crippen LogP contribution in [0.25, 0.3) is 22.8 Å². The van der Waals surface area contributed by atoms with Crippen LogP contribution < -0.4 is 9.47 Å². The Bertz CT molecular complexity index is 1340. The molecule has 0 aliphatic heterocycles. The van der Waals surface area contributed by atoms with E-state index in [9.17, 15) is 9.59 Å². The van der Waals surface area contributed by atoms with Crippen LogP contribution in [0.4, 0.5) is 0 Å². The topological polar surface area (TPSA) is 117 Å². The van der Waals surface area contributed by atoms with E-state index < -0.39 is 11.9 Å². The molecule has 0 amide bonds. The molecular formula is C26H16N4O5. The fraction of sp³-hybridized carbons (Fsp3) is 0. The van der Waals surface area contributed by atoms with Gasteiger partial charge in [0.1, 0.15) is 11.5 Å². The van der Waals surface area contributed by atoms with Crippen molar-refractivity contribution in [3.8, 4) is 34.3 Å². The molecule has 9 nitrogen and oxygen atoms in total. The Labute approximate surface area is 199 Å². The highest BCUT2D eigenvalue weighted by Gasteiger charge is 2.14. The molecule has 0 N–H and O–H groups in total. The van der Waals surface area contributed by atoms with Gasteiger partial charge in [0.2, 0.25) is 5.82 Å². The Hall–Kier alpha value is -5.18. The summed E-state index contributed by atoms with van der Waals surface area (Å²) in [4.78, 5) is 36.5. The number of ether oxygens (including phenoxy) is 2. The molecule has 0 saturated heterocycles. The fourth-order valence-electron chi connectivity index (χ4n) is 3.09. The van der Waals surface area contributed by atoms with Gasteiger partial charge >= 0.3 is 11.9 Å². The van der Waals surface area contributed by atoms with Crippen molar-refractivity contribution < 1.29 is 23.6 Å².